The average molecular weight is 278 g/mol. The summed E-state index contributed by atoms with van der Waals surface area (Å²) in [6.45, 7) is 0.394. The van der Waals surface area contributed by atoms with Gasteiger partial charge in [-0.15, -0.1) is 0 Å². The molecule has 0 amide bonds. The molecule has 20 heavy (non-hydrogen) atoms. The molecule has 6 N–H and O–H groups in total. The van der Waals surface area contributed by atoms with Crippen molar-refractivity contribution >= 4 is 24.2 Å². The van der Waals surface area contributed by atoms with Crippen molar-refractivity contribution in [3.8, 4) is 0 Å². The zero-order valence-electron chi connectivity index (χ0n) is 10.9. The second-order valence-corrected chi connectivity index (χ2v) is 3.97. The molecule has 0 aliphatic rings. The minimum atomic E-state index is -0.971. The molecule has 0 saturated heterocycles. The number of nitrogens with zero attached hydrogens (tertiary/aromatic N) is 3. The first-order valence-corrected chi connectivity index (χ1v) is 6.06. The fourth-order valence-corrected chi connectivity index (χ4v) is 1.41. The van der Waals surface area contributed by atoms with E-state index < -0.39 is 12.0 Å². The van der Waals surface area contributed by atoms with E-state index in [1.807, 2.05) is 0 Å². The second-order valence-electron chi connectivity index (χ2n) is 3.97. The molecule has 1 heterocycles. The van der Waals surface area contributed by atoms with Crippen LogP contribution in [0.25, 0.3) is 6.08 Å². The molecule has 8 nitrogen and oxygen atoms in total. The van der Waals surface area contributed by atoms with E-state index in [1.165, 1.54) is 6.21 Å². The Labute approximate surface area is 116 Å². The van der Waals surface area contributed by atoms with Gasteiger partial charge in [-0.1, -0.05) is 0 Å². The van der Waals surface area contributed by atoms with Crippen molar-refractivity contribution in [3.63, 3.8) is 0 Å². The number of aromatic amines is 1. The van der Waals surface area contributed by atoms with Crippen LogP contribution in [0.2, 0.25) is 0 Å². The van der Waals surface area contributed by atoms with Crippen LogP contribution in [-0.4, -0.2) is 45.8 Å². The standard InChI is InChI=1S/C12H18N6O2/c13-12(14)17-6-2-4-10(11(19)20)16-5-1-3-9-7-15-8-18-9/h1,3,5,7-8,10H,2,4,6H2,(H,15,18)(H,19,20)(H4,13,14,17)/b3-1+,16-5?/t10-/m0/s1. The van der Waals surface area contributed by atoms with Gasteiger partial charge in [0.15, 0.2) is 5.96 Å². The Balaban J connectivity index is 2.42. The highest BCUT2D eigenvalue weighted by Gasteiger charge is 2.13. The molecule has 0 radical (unpaired) electrons. The number of allylic oxidation sites excluding steroid dienone is 1. The van der Waals surface area contributed by atoms with E-state index in [0.29, 0.717) is 19.4 Å². The van der Waals surface area contributed by atoms with E-state index in [4.69, 9.17) is 16.6 Å². The van der Waals surface area contributed by atoms with Crippen molar-refractivity contribution < 1.29 is 9.90 Å². The molecule has 0 unspecified atom stereocenters. The first-order chi connectivity index (χ1) is 9.59. The summed E-state index contributed by atoms with van der Waals surface area (Å²) in [5, 5.41) is 9.03. The van der Waals surface area contributed by atoms with E-state index in [1.54, 1.807) is 24.7 Å². The first kappa shape index (κ1) is 15.4. The molecule has 0 aliphatic carbocycles. The number of carboxylic acids is 1. The summed E-state index contributed by atoms with van der Waals surface area (Å²) >= 11 is 0. The number of imidazole rings is 1. The number of carboxylic acid groups (broad SMARTS) is 1. The molecule has 0 aliphatic heterocycles. The molecule has 108 valence electrons. The Morgan fingerprint density at radius 1 is 1.55 bits per heavy atom. The van der Waals surface area contributed by atoms with E-state index in [2.05, 4.69) is 20.0 Å². The molecule has 1 atom stereocenters. The Hall–Kier alpha value is -2.64. The Kier molecular flexibility index (Phi) is 6.52. The maximum atomic E-state index is 11.0. The summed E-state index contributed by atoms with van der Waals surface area (Å²) in [4.78, 5) is 25.5. The van der Waals surface area contributed by atoms with Crippen LogP contribution < -0.4 is 11.5 Å². The van der Waals surface area contributed by atoms with Gasteiger partial charge in [0.05, 0.1) is 18.2 Å². The summed E-state index contributed by atoms with van der Waals surface area (Å²) < 4.78 is 0. The van der Waals surface area contributed by atoms with Crippen LogP contribution in [-0.2, 0) is 4.79 Å². The second kappa shape index (κ2) is 8.46. The summed E-state index contributed by atoms with van der Waals surface area (Å²) in [5.41, 5.74) is 11.2. The molecule has 1 aromatic heterocycles. The topological polar surface area (TPSA) is 143 Å². The third-order valence-corrected chi connectivity index (χ3v) is 2.36. The van der Waals surface area contributed by atoms with E-state index in [-0.39, 0.29) is 5.96 Å². The Bertz CT molecular complexity index is 488. The number of nitrogens with one attached hydrogen (secondary N) is 1. The number of nitrogens with two attached hydrogens (primary N) is 2. The zero-order valence-corrected chi connectivity index (χ0v) is 10.9. The van der Waals surface area contributed by atoms with Gasteiger partial charge in [0.25, 0.3) is 0 Å². The molecule has 8 heteroatoms. The maximum absolute atomic E-state index is 11.0. The summed E-state index contributed by atoms with van der Waals surface area (Å²) in [7, 11) is 0. The molecule has 1 aromatic rings. The van der Waals surface area contributed by atoms with Gasteiger partial charge >= 0.3 is 5.97 Å². The lowest BCUT2D eigenvalue weighted by molar-refractivity contribution is -0.138. The van der Waals surface area contributed by atoms with Crippen LogP contribution in [0.5, 0.6) is 0 Å². The summed E-state index contributed by atoms with van der Waals surface area (Å²) in [6.07, 6.45) is 8.99. The normalized spacial score (nSPS) is 12.8. The van der Waals surface area contributed by atoms with Gasteiger partial charge < -0.3 is 21.6 Å². The fourth-order valence-electron chi connectivity index (χ4n) is 1.41. The lowest BCUT2D eigenvalue weighted by atomic mass is 10.1. The lowest BCUT2D eigenvalue weighted by Gasteiger charge is -2.05. The number of H-pyrrole nitrogens is 1. The van der Waals surface area contributed by atoms with Crippen molar-refractivity contribution in [1.29, 1.82) is 0 Å². The van der Waals surface area contributed by atoms with Gasteiger partial charge in [-0.3, -0.25) is 9.98 Å². The molecule has 0 bridgehead atoms. The molecule has 0 spiro atoms. The monoisotopic (exact) mass is 278 g/mol. The van der Waals surface area contributed by atoms with Crippen LogP contribution in [0.3, 0.4) is 0 Å². The van der Waals surface area contributed by atoms with Crippen LogP contribution in [0.1, 0.15) is 18.5 Å². The summed E-state index contributed by atoms with van der Waals surface area (Å²) in [5.74, 6) is -0.969. The zero-order chi connectivity index (χ0) is 14.8. The van der Waals surface area contributed by atoms with Gasteiger partial charge in [0.1, 0.15) is 6.04 Å². The number of hydrogen-bond acceptors (Lipinski definition) is 4. The van der Waals surface area contributed by atoms with Crippen molar-refractivity contribution in [2.45, 2.75) is 18.9 Å². The maximum Gasteiger partial charge on any atom is 0.328 e. The van der Waals surface area contributed by atoms with E-state index in [9.17, 15) is 4.79 Å². The molecule has 0 fully saturated rings. The average Bonchev–Trinajstić information content (AvgIpc) is 2.89. The van der Waals surface area contributed by atoms with E-state index in [0.717, 1.165) is 5.69 Å². The third-order valence-electron chi connectivity index (χ3n) is 2.36. The Morgan fingerprint density at radius 3 is 2.95 bits per heavy atom. The van der Waals surface area contributed by atoms with Crippen LogP contribution in [0.15, 0.2) is 28.6 Å². The van der Waals surface area contributed by atoms with Crippen LogP contribution in [0, 0.1) is 0 Å². The smallest absolute Gasteiger partial charge is 0.328 e. The first-order valence-electron chi connectivity index (χ1n) is 6.06. The quantitative estimate of drug-likeness (QED) is 0.300. The number of hydrogen-bond donors (Lipinski definition) is 4. The molecular weight excluding hydrogens is 260 g/mol. The summed E-state index contributed by atoms with van der Waals surface area (Å²) in [6, 6.07) is -0.796. The highest BCUT2D eigenvalue weighted by Crippen LogP contribution is 2.03. The van der Waals surface area contributed by atoms with Crippen molar-refractivity contribution in [3.05, 3.63) is 24.3 Å². The van der Waals surface area contributed by atoms with Gasteiger partial charge in [0, 0.05) is 12.8 Å². The minimum absolute atomic E-state index is 0.00265. The van der Waals surface area contributed by atoms with Crippen molar-refractivity contribution in [2.24, 2.45) is 21.5 Å². The molecule has 0 saturated carbocycles. The number of carbonyl (C=O) groups is 1. The van der Waals surface area contributed by atoms with Gasteiger partial charge in [0.2, 0.25) is 0 Å². The number of guanidine groups is 1. The lowest BCUT2D eigenvalue weighted by Crippen LogP contribution is -2.23. The van der Waals surface area contributed by atoms with Crippen molar-refractivity contribution in [2.75, 3.05) is 6.54 Å². The van der Waals surface area contributed by atoms with E-state index >= 15 is 0 Å². The van der Waals surface area contributed by atoms with Crippen LogP contribution in [0.4, 0.5) is 0 Å². The predicted octanol–water partition coefficient (Wildman–Crippen LogP) is 0.000500. The predicted molar refractivity (Wildman–Crippen MR) is 77.4 cm³/mol. The number of rotatable bonds is 8. The SMILES string of the molecule is NC(N)=NCCC[C@H](N=C/C=C/c1cnc[nH]1)C(=O)O. The molecule has 1 rings (SSSR count). The fraction of sp³-hybridized carbons (Fsp3) is 0.333. The Morgan fingerprint density at radius 2 is 2.35 bits per heavy atom. The van der Waals surface area contributed by atoms with Crippen LogP contribution >= 0.6 is 0 Å². The highest BCUT2D eigenvalue weighted by atomic mass is 16.4. The third kappa shape index (κ3) is 6.34. The minimum Gasteiger partial charge on any atom is -0.480 e. The number of aromatic nitrogens is 2. The van der Waals surface area contributed by atoms with Gasteiger partial charge in [-0.25, -0.2) is 9.78 Å². The number of aliphatic carboxylic acids is 1. The number of aliphatic imine (C=N–C) groups is 2. The molecular formula is C12H18N6O2. The van der Waals surface area contributed by atoms with Crippen molar-refractivity contribution in [1.82, 2.24) is 9.97 Å². The largest absolute Gasteiger partial charge is 0.480 e. The molecule has 0 aromatic carbocycles. The van der Waals surface area contributed by atoms with Gasteiger partial charge in [-0.05, 0) is 25.0 Å². The van der Waals surface area contributed by atoms with Gasteiger partial charge in [-0.2, -0.15) is 0 Å². The highest BCUT2D eigenvalue weighted by molar-refractivity contribution is 5.81.